The van der Waals surface area contributed by atoms with Crippen LogP contribution in [0.25, 0.3) is 10.9 Å². The Kier molecular flexibility index (Phi) is 0.704. The lowest BCUT2D eigenvalue weighted by Gasteiger charge is -1.81. The van der Waals surface area contributed by atoms with Crippen LogP contribution in [0.1, 0.15) is 0 Å². The zero-order valence-electron chi connectivity index (χ0n) is 5.13. The van der Waals surface area contributed by atoms with Crippen molar-refractivity contribution in [1.82, 2.24) is 14.8 Å². The van der Waals surface area contributed by atoms with Gasteiger partial charge in [-0.3, -0.25) is 5.10 Å². The number of aromatic nitrogens is 3. The third-order valence-electron chi connectivity index (χ3n) is 1.38. The predicted octanol–water partition coefficient (Wildman–Crippen LogP) is 0.901. The third-order valence-corrected chi connectivity index (χ3v) is 1.38. The topological polar surface area (TPSA) is 33.6 Å². The van der Waals surface area contributed by atoms with Gasteiger partial charge in [-0.2, -0.15) is 5.10 Å². The van der Waals surface area contributed by atoms with Gasteiger partial charge >= 0.3 is 0 Å². The van der Waals surface area contributed by atoms with Crippen LogP contribution in [0.4, 0.5) is 0 Å². The van der Waals surface area contributed by atoms with Crippen LogP contribution >= 0.6 is 0 Å². The summed E-state index contributed by atoms with van der Waals surface area (Å²) in [5.74, 6) is 0. The van der Waals surface area contributed by atoms with Gasteiger partial charge in [-0.1, -0.05) is 0 Å². The van der Waals surface area contributed by atoms with Crippen molar-refractivity contribution < 1.29 is 0 Å². The summed E-state index contributed by atoms with van der Waals surface area (Å²) < 4.78 is 2.00. The first-order valence-corrected chi connectivity index (χ1v) is 2.81. The average Bonchev–Trinajstić information content (AvgIpc) is 2.22. The number of nitrogens with zero attached hydrogens (tertiary/aromatic N) is 2. The highest BCUT2D eigenvalue weighted by Gasteiger charge is 1.94. The molecule has 0 aliphatic carbocycles. The van der Waals surface area contributed by atoms with E-state index >= 15 is 0 Å². The summed E-state index contributed by atoms with van der Waals surface area (Å²) in [7, 11) is 1.99. The second kappa shape index (κ2) is 1.37. The van der Waals surface area contributed by atoms with Crippen molar-refractivity contribution >= 4 is 10.9 Å². The Labute approximate surface area is 52.3 Å². The molecule has 0 aliphatic heterocycles. The zero-order chi connectivity index (χ0) is 6.27. The molecular weight excluding hydrogens is 114 g/mol. The highest BCUT2D eigenvalue weighted by Crippen LogP contribution is 2.08. The molecule has 3 heteroatoms. The number of rotatable bonds is 0. The molecule has 1 N–H and O–H groups in total. The van der Waals surface area contributed by atoms with Gasteiger partial charge in [0.25, 0.3) is 0 Å². The summed E-state index contributed by atoms with van der Waals surface area (Å²) in [5.41, 5.74) is 1.09. The lowest BCUT2D eigenvalue weighted by Crippen LogP contribution is -1.77. The summed E-state index contributed by atoms with van der Waals surface area (Å²) in [5, 5.41) is 7.90. The Bertz CT molecular complexity index is 289. The van der Waals surface area contributed by atoms with Gasteiger partial charge in [0.2, 0.25) is 0 Å². The maximum absolute atomic E-state index is 3.86. The van der Waals surface area contributed by atoms with E-state index in [0.29, 0.717) is 0 Å². The normalized spacial score (nSPS) is 10.8. The second-order valence-corrected chi connectivity index (χ2v) is 2.16. The van der Waals surface area contributed by atoms with Crippen molar-refractivity contribution in [3.8, 4) is 0 Å². The fourth-order valence-electron chi connectivity index (χ4n) is 0.972. The molecule has 2 heterocycles. The number of aromatic amines is 1. The molecule has 0 unspecified atom stereocenters. The molecule has 0 aliphatic rings. The fraction of sp³-hybridized carbons (Fsp3) is 0.167. The maximum Gasteiger partial charge on any atom is 0.0826 e. The van der Waals surface area contributed by atoms with Crippen LogP contribution in [-0.4, -0.2) is 14.8 Å². The molecule has 0 atom stereocenters. The molecule has 0 spiro atoms. The quantitative estimate of drug-likeness (QED) is 0.552. The number of nitrogens with one attached hydrogen (secondary N) is 1. The zero-order valence-corrected chi connectivity index (χ0v) is 5.13. The van der Waals surface area contributed by atoms with Crippen molar-refractivity contribution in [2.45, 2.75) is 0 Å². The molecule has 0 fully saturated rings. The van der Waals surface area contributed by atoms with Gasteiger partial charge in [0, 0.05) is 24.8 Å². The van der Waals surface area contributed by atoms with E-state index in [0.717, 1.165) is 10.9 Å². The minimum atomic E-state index is 1.09. The highest BCUT2D eigenvalue weighted by atomic mass is 15.1. The van der Waals surface area contributed by atoms with Crippen LogP contribution < -0.4 is 0 Å². The molecule has 46 valence electrons. The third kappa shape index (κ3) is 0.543. The Morgan fingerprint density at radius 3 is 3.22 bits per heavy atom. The van der Waals surface area contributed by atoms with Gasteiger partial charge in [-0.15, -0.1) is 0 Å². The standard InChI is InChI=1S/C6H7N3/c1-9-3-5-2-7-8-6(5)4-9/h2-4,8H,1H3. The highest BCUT2D eigenvalue weighted by molar-refractivity contribution is 5.77. The molecule has 0 saturated carbocycles. The smallest absolute Gasteiger partial charge is 0.0826 e. The minimum absolute atomic E-state index is 1.09. The largest absolute Gasteiger partial charge is 0.354 e. The van der Waals surface area contributed by atoms with E-state index in [1.165, 1.54) is 0 Å². The monoisotopic (exact) mass is 121 g/mol. The molecule has 0 amide bonds. The van der Waals surface area contributed by atoms with Crippen LogP contribution in [0, 0.1) is 0 Å². The molecule has 0 saturated heterocycles. The van der Waals surface area contributed by atoms with Crippen LogP contribution in [0.15, 0.2) is 18.6 Å². The Morgan fingerprint density at radius 2 is 2.44 bits per heavy atom. The average molecular weight is 121 g/mol. The fourth-order valence-corrected chi connectivity index (χ4v) is 0.972. The summed E-state index contributed by atoms with van der Waals surface area (Å²) in [6, 6.07) is 0. The van der Waals surface area contributed by atoms with Gasteiger partial charge in [0.1, 0.15) is 0 Å². The van der Waals surface area contributed by atoms with E-state index in [1.807, 2.05) is 30.2 Å². The Morgan fingerprint density at radius 1 is 1.56 bits per heavy atom. The second-order valence-electron chi connectivity index (χ2n) is 2.16. The molecular formula is C6H7N3. The molecule has 0 bridgehead atoms. The summed E-state index contributed by atoms with van der Waals surface area (Å²) in [6.45, 7) is 0. The molecule has 0 radical (unpaired) electrons. The van der Waals surface area contributed by atoms with Gasteiger partial charge in [0.15, 0.2) is 0 Å². The minimum Gasteiger partial charge on any atom is -0.354 e. The first-order valence-electron chi connectivity index (χ1n) is 2.81. The first-order chi connectivity index (χ1) is 4.36. The lowest BCUT2D eigenvalue weighted by atomic mass is 10.4. The van der Waals surface area contributed by atoms with Crippen molar-refractivity contribution in [2.75, 3.05) is 0 Å². The molecule has 2 aromatic heterocycles. The molecule has 0 aromatic carbocycles. The summed E-state index contributed by atoms with van der Waals surface area (Å²) in [6.07, 6.45) is 5.84. The van der Waals surface area contributed by atoms with E-state index in [-0.39, 0.29) is 0 Å². The summed E-state index contributed by atoms with van der Waals surface area (Å²) >= 11 is 0. The van der Waals surface area contributed by atoms with E-state index in [4.69, 9.17) is 0 Å². The maximum atomic E-state index is 3.86. The molecule has 3 nitrogen and oxygen atoms in total. The van der Waals surface area contributed by atoms with Crippen molar-refractivity contribution in [3.05, 3.63) is 18.6 Å². The summed E-state index contributed by atoms with van der Waals surface area (Å²) in [4.78, 5) is 0. The van der Waals surface area contributed by atoms with E-state index < -0.39 is 0 Å². The molecule has 2 aromatic rings. The van der Waals surface area contributed by atoms with Gasteiger partial charge in [-0.05, 0) is 0 Å². The number of hydrogen-bond donors (Lipinski definition) is 1. The van der Waals surface area contributed by atoms with Crippen LogP contribution in [-0.2, 0) is 7.05 Å². The van der Waals surface area contributed by atoms with E-state index in [9.17, 15) is 0 Å². The van der Waals surface area contributed by atoms with Gasteiger partial charge < -0.3 is 4.57 Å². The first kappa shape index (κ1) is 4.61. The SMILES string of the molecule is Cn1cc2cn[nH]c2c1. The Balaban J connectivity index is 2.92. The number of hydrogen-bond acceptors (Lipinski definition) is 1. The lowest BCUT2D eigenvalue weighted by molar-refractivity contribution is 0.927. The van der Waals surface area contributed by atoms with Gasteiger partial charge in [0.05, 0.1) is 11.7 Å². The molecule has 9 heavy (non-hydrogen) atoms. The van der Waals surface area contributed by atoms with Crippen molar-refractivity contribution in [2.24, 2.45) is 7.05 Å². The van der Waals surface area contributed by atoms with Crippen molar-refractivity contribution in [1.29, 1.82) is 0 Å². The number of fused-ring (bicyclic) bond motifs is 1. The predicted molar refractivity (Wildman–Crippen MR) is 35.1 cm³/mol. The number of H-pyrrole nitrogens is 1. The van der Waals surface area contributed by atoms with E-state index in [2.05, 4.69) is 10.2 Å². The van der Waals surface area contributed by atoms with Crippen molar-refractivity contribution in [3.63, 3.8) is 0 Å². The van der Waals surface area contributed by atoms with Crippen LogP contribution in [0.2, 0.25) is 0 Å². The number of aryl methyl sites for hydroxylation is 1. The van der Waals surface area contributed by atoms with Crippen LogP contribution in [0.5, 0.6) is 0 Å². The van der Waals surface area contributed by atoms with E-state index in [1.54, 1.807) is 0 Å². The molecule has 2 rings (SSSR count). The Hall–Kier alpha value is -1.25. The van der Waals surface area contributed by atoms with Gasteiger partial charge in [-0.25, -0.2) is 0 Å². The van der Waals surface area contributed by atoms with Crippen LogP contribution in [0.3, 0.4) is 0 Å².